The van der Waals surface area contributed by atoms with Gasteiger partial charge in [0, 0.05) is 16.3 Å². The van der Waals surface area contributed by atoms with Crippen molar-refractivity contribution in [3.8, 4) is 5.75 Å². The van der Waals surface area contributed by atoms with E-state index < -0.39 is 15.8 Å². The number of carbonyl (C=O) groups excluding carboxylic acids is 1. The topological polar surface area (TPSA) is 84.5 Å². The van der Waals surface area contributed by atoms with Crippen LogP contribution in [-0.4, -0.2) is 21.4 Å². The van der Waals surface area contributed by atoms with Crippen LogP contribution in [0.25, 0.3) is 0 Å². The quantitative estimate of drug-likeness (QED) is 0.596. The van der Waals surface area contributed by atoms with E-state index in [0.29, 0.717) is 16.3 Å². The summed E-state index contributed by atoms with van der Waals surface area (Å²) < 4.78 is 45.8. The molecule has 0 bridgehead atoms. The van der Waals surface area contributed by atoms with Gasteiger partial charge >= 0.3 is 0 Å². The first-order chi connectivity index (χ1) is 13.8. The molecule has 0 atom stereocenters. The van der Waals surface area contributed by atoms with E-state index in [1.54, 1.807) is 30.3 Å². The van der Waals surface area contributed by atoms with Crippen molar-refractivity contribution in [3.63, 3.8) is 0 Å². The van der Waals surface area contributed by atoms with Crippen molar-refractivity contribution in [1.29, 1.82) is 0 Å². The van der Waals surface area contributed by atoms with Gasteiger partial charge in [-0.05, 0) is 66.7 Å². The van der Waals surface area contributed by atoms with Gasteiger partial charge in [-0.3, -0.25) is 9.52 Å². The Labute approximate surface area is 172 Å². The van der Waals surface area contributed by atoms with Crippen molar-refractivity contribution in [3.05, 3.63) is 83.1 Å². The van der Waals surface area contributed by atoms with Crippen LogP contribution in [0.1, 0.15) is 10.4 Å². The predicted molar refractivity (Wildman–Crippen MR) is 110 cm³/mol. The van der Waals surface area contributed by atoms with Crippen molar-refractivity contribution in [2.45, 2.75) is 4.90 Å². The number of hydrogen-bond acceptors (Lipinski definition) is 4. The summed E-state index contributed by atoms with van der Waals surface area (Å²) in [5.41, 5.74) is 0.854. The molecule has 6 nitrogen and oxygen atoms in total. The van der Waals surface area contributed by atoms with Crippen LogP contribution in [0.4, 0.5) is 15.8 Å². The van der Waals surface area contributed by atoms with Gasteiger partial charge in [0.05, 0.1) is 17.7 Å². The van der Waals surface area contributed by atoms with Gasteiger partial charge in [0.1, 0.15) is 11.6 Å². The Hall–Kier alpha value is -3.10. The molecule has 1 amide bonds. The number of benzene rings is 3. The fourth-order valence-electron chi connectivity index (χ4n) is 2.49. The van der Waals surface area contributed by atoms with Crippen LogP contribution >= 0.6 is 11.6 Å². The molecule has 0 radical (unpaired) electrons. The Morgan fingerprint density at radius 2 is 1.66 bits per heavy atom. The maximum atomic E-state index is 13.1. The van der Waals surface area contributed by atoms with Crippen molar-refractivity contribution in [1.82, 2.24) is 0 Å². The molecule has 150 valence electrons. The number of amides is 1. The normalized spacial score (nSPS) is 11.0. The molecule has 0 aromatic heterocycles. The first-order valence-electron chi connectivity index (χ1n) is 8.32. The van der Waals surface area contributed by atoms with E-state index in [1.807, 2.05) is 0 Å². The van der Waals surface area contributed by atoms with Crippen LogP contribution in [0, 0.1) is 5.82 Å². The minimum absolute atomic E-state index is 0.114. The highest BCUT2D eigenvalue weighted by Gasteiger charge is 2.17. The predicted octanol–water partition coefficient (Wildman–Crippen LogP) is 4.54. The number of anilines is 2. The zero-order valence-corrected chi connectivity index (χ0v) is 16.7. The Morgan fingerprint density at radius 1 is 1.00 bits per heavy atom. The highest BCUT2D eigenvalue weighted by Crippen LogP contribution is 2.30. The van der Waals surface area contributed by atoms with E-state index in [4.69, 9.17) is 16.3 Å². The van der Waals surface area contributed by atoms with Gasteiger partial charge in [-0.25, -0.2) is 12.8 Å². The van der Waals surface area contributed by atoms with Gasteiger partial charge < -0.3 is 10.1 Å². The Bertz CT molecular complexity index is 1130. The van der Waals surface area contributed by atoms with Crippen molar-refractivity contribution < 1.29 is 22.3 Å². The lowest BCUT2D eigenvalue weighted by Gasteiger charge is -2.14. The molecule has 0 aliphatic carbocycles. The first kappa shape index (κ1) is 20.6. The molecule has 0 saturated carbocycles. The molecular formula is C20H16ClFN2O4S. The number of ether oxygens (including phenoxy) is 1. The van der Waals surface area contributed by atoms with Crippen LogP contribution < -0.4 is 14.8 Å². The summed E-state index contributed by atoms with van der Waals surface area (Å²) in [5.74, 6) is -0.687. The molecule has 0 unspecified atom stereocenters. The summed E-state index contributed by atoms with van der Waals surface area (Å²) in [7, 11) is -2.60. The highest BCUT2D eigenvalue weighted by atomic mass is 35.5. The molecule has 0 fully saturated rings. The van der Waals surface area contributed by atoms with Gasteiger partial charge in [0.25, 0.3) is 15.9 Å². The van der Waals surface area contributed by atoms with Crippen LogP contribution in [0.3, 0.4) is 0 Å². The maximum Gasteiger partial charge on any atom is 0.262 e. The number of rotatable bonds is 6. The molecule has 3 rings (SSSR count). The summed E-state index contributed by atoms with van der Waals surface area (Å²) in [6.45, 7) is 0. The van der Waals surface area contributed by atoms with E-state index >= 15 is 0 Å². The second kappa shape index (κ2) is 8.50. The van der Waals surface area contributed by atoms with E-state index in [-0.39, 0.29) is 22.2 Å². The number of halogens is 2. The second-order valence-corrected chi connectivity index (χ2v) is 8.05. The monoisotopic (exact) mass is 434 g/mol. The lowest BCUT2D eigenvalue weighted by Crippen LogP contribution is -2.15. The summed E-state index contributed by atoms with van der Waals surface area (Å²) in [6, 6.07) is 15.2. The number of carbonyl (C=O) groups is 1. The van der Waals surface area contributed by atoms with Gasteiger partial charge in [0.15, 0.2) is 0 Å². The number of sulfonamides is 1. The number of hydrogen-bond donors (Lipinski definition) is 2. The lowest BCUT2D eigenvalue weighted by molar-refractivity contribution is 0.102. The molecule has 0 aliphatic rings. The van der Waals surface area contributed by atoms with Crippen molar-refractivity contribution in [2.24, 2.45) is 0 Å². The standard InChI is InChI=1S/C20H16ClFN2O4S/c1-28-19-11-8-16(23-20(25)13-2-4-14(21)5-3-13)12-18(19)24-29(26,27)17-9-6-15(22)7-10-17/h2-12,24H,1H3,(H,23,25). The van der Waals surface area contributed by atoms with Gasteiger partial charge in [0.2, 0.25) is 0 Å². The Kier molecular flexibility index (Phi) is 6.05. The highest BCUT2D eigenvalue weighted by molar-refractivity contribution is 7.92. The maximum absolute atomic E-state index is 13.1. The molecule has 2 N–H and O–H groups in total. The van der Waals surface area contributed by atoms with Crippen molar-refractivity contribution >= 4 is 38.9 Å². The molecular weight excluding hydrogens is 419 g/mol. The van der Waals surface area contributed by atoms with E-state index in [2.05, 4.69) is 10.0 Å². The van der Waals surface area contributed by atoms with Gasteiger partial charge in [-0.15, -0.1) is 0 Å². The molecule has 0 heterocycles. The average Bonchev–Trinajstić information content (AvgIpc) is 2.69. The zero-order valence-electron chi connectivity index (χ0n) is 15.1. The van der Waals surface area contributed by atoms with E-state index in [0.717, 1.165) is 24.3 Å². The summed E-state index contributed by atoms with van der Waals surface area (Å²) in [4.78, 5) is 12.3. The van der Waals surface area contributed by atoms with E-state index in [9.17, 15) is 17.6 Å². The third kappa shape index (κ3) is 5.04. The number of methoxy groups -OCH3 is 1. The van der Waals surface area contributed by atoms with E-state index in [1.165, 1.54) is 19.2 Å². The molecule has 9 heteroatoms. The van der Waals surface area contributed by atoms with Gasteiger partial charge in [-0.2, -0.15) is 0 Å². The first-order valence-corrected chi connectivity index (χ1v) is 10.2. The largest absolute Gasteiger partial charge is 0.495 e. The summed E-state index contributed by atoms with van der Waals surface area (Å²) >= 11 is 5.82. The lowest BCUT2D eigenvalue weighted by atomic mass is 10.2. The SMILES string of the molecule is COc1ccc(NC(=O)c2ccc(Cl)cc2)cc1NS(=O)(=O)c1ccc(F)cc1. The molecule has 0 aliphatic heterocycles. The Morgan fingerprint density at radius 3 is 2.28 bits per heavy atom. The summed E-state index contributed by atoms with van der Waals surface area (Å²) in [5, 5.41) is 3.18. The average molecular weight is 435 g/mol. The molecule has 3 aromatic carbocycles. The fourth-order valence-corrected chi connectivity index (χ4v) is 3.67. The number of nitrogens with one attached hydrogen (secondary N) is 2. The Balaban J connectivity index is 1.86. The van der Waals surface area contributed by atoms with Crippen LogP contribution in [0.5, 0.6) is 5.75 Å². The summed E-state index contributed by atoms with van der Waals surface area (Å²) in [6.07, 6.45) is 0. The van der Waals surface area contributed by atoms with Crippen LogP contribution in [0.15, 0.2) is 71.6 Å². The third-order valence-electron chi connectivity index (χ3n) is 3.93. The fraction of sp³-hybridized carbons (Fsp3) is 0.0500. The third-order valence-corrected chi connectivity index (χ3v) is 5.57. The smallest absolute Gasteiger partial charge is 0.262 e. The zero-order chi connectivity index (χ0) is 21.0. The molecule has 0 saturated heterocycles. The molecule has 0 spiro atoms. The minimum atomic E-state index is -3.99. The second-order valence-electron chi connectivity index (χ2n) is 5.94. The van der Waals surface area contributed by atoms with Gasteiger partial charge in [-0.1, -0.05) is 11.6 Å². The minimum Gasteiger partial charge on any atom is -0.495 e. The van der Waals surface area contributed by atoms with Crippen LogP contribution in [0.2, 0.25) is 5.02 Å². The molecule has 3 aromatic rings. The van der Waals surface area contributed by atoms with Crippen molar-refractivity contribution in [2.75, 3.05) is 17.1 Å². The van der Waals surface area contributed by atoms with Crippen LogP contribution in [-0.2, 0) is 10.0 Å². The molecule has 29 heavy (non-hydrogen) atoms.